The zero-order valence-electron chi connectivity index (χ0n) is 27.0. The highest BCUT2D eigenvalue weighted by molar-refractivity contribution is 6.23. The molecule has 0 aliphatic carbocycles. The number of fused-ring (bicyclic) bond motifs is 10. The summed E-state index contributed by atoms with van der Waals surface area (Å²) in [7, 11) is 0. The Balaban J connectivity index is 1.24. The van der Waals surface area contributed by atoms with Crippen molar-refractivity contribution in [2.75, 3.05) is 0 Å². The monoisotopic (exact) mass is 636 g/mol. The quantitative estimate of drug-likeness (QED) is 0.193. The van der Waals surface area contributed by atoms with Crippen molar-refractivity contribution in [2.45, 2.75) is 0 Å². The lowest BCUT2D eigenvalue weighted by atomic mass is 10.0. The Morgan fingerprint density at radius 2 is 1.02 bits per heavy atom. The lowest BCUT2D eigenvalue weighted by Gasteiger charge is -2.13. The number of hydrogen-bond donors (Lipinski definition) is 0. The Labute approximate surface area is 287 Å². The van der Waals surface area contributed by atoms with E-state index in [-0.39, 0.29) is 0 Å². The molecule has 4 heteroatoms. The number of para-hydroxylation sites is 3. The first-order valence-electron chi connectivity index (χ1n) is 17.0. The molecule has 3 aromatic heterocycles. The van der Waals surface area contributed by atoms with Gasteiger partial charge in [-0.25, -0.2) is 9.97 Å². The van der Waals surface area contributed by atoms with Crippen molar-refractivity contribution in [3.63, 3.8) is 0 Å². The van der Waals surface area contributed by atoms with E-state index < -0.39 is 0 Å². The normalized spacial score (nSPS) is 12.0. The van der Waals surface area contributed by atoms with E-state index in [9.17, 15) is 0 Å². The molecule has 0 bridgehead atoms. The minimum Gasteiger partial charge on any atom is -0.309 e. The van der Waals surface area contributed by atoms with Crippen molar-refractivity contribution in [1.82, 2.24) is 19.1 Å². The molecular formula is C46H28N4. The first-order chi connectivity index (χ1) is 24.8. The Morgan fingerprint density at radius 3 is 1.88 bits per heavy atom. The number of hydrogen-bond acceptors (Lipinski definition) is 2. The number of nitrogens with zero attached hydrogens (tertiary/aromatic N) is 4. The molecule has 0 atom stereocenters. The minimum absolute atomic E-state index is 0.696. The molecule has 0 saturated carbocycles. The third-order valence-corrected chi connectivity index (χ3v) is 10.3. The van der Waals surface area contributed by atoms with E-state index in [1.807, 2.05) is 0 Å². The van der Waals surface area contributed by atoms with Gasteiger partial charge in [-0.05, 0) is 76.1 Å². The van der Waals surface area contributed by atoms with Gasteiger partial charge >= 0.3 is 0 Å². The highest BCUT2D eigenvalue weighted by atomic mass is 15.1. The SMILES string of the molecule is c1ccc(-n2c3ccccc3c3ccc(-c4nc(-n5c6cc7ccccc7cc6c6c7ccccc7ccc65)c5ccccc5n4)cc32)cc1. The average Bonchev–Trinajstić information content (AvgIpc) is 3.69. The smallest absolute Gasteiger partial charge is 0.162 e. The van der Waals surface area contributed by atoms with Gasteiger partial charge in [0.05, 0.1) is 27.6 Å². The van der Waals surface area contributed by atoms with Crippen LogP contribution in [0.15, 0.2) is 170 Å². The largest absolute Gasteiger partial charge is 0.309 e. The van der Waals surface area contributed by atoms with E-state index in [0.29, 0.717) is 5.82 Å². The molecule has 50 heavy (non-hydrogen) atoms. The first kappa shape index (κ1) is 27.2. The van der Waals surface area contributed by atoms with Crippen LogP contribution in [0.4, 0.5) is 0 Å². The topological polar surface area (TPSA) is 35.6 Å². The molecule has 0 spiro atoms. The molecule has 0 amide bonds. The van der Waals surface area contributed by atoms with E-state index >= 15 is 0 Å². The molecule has 0 N–H and O–H groups in total. The van der Waals surface area contributed by atoms with Gasteiger partial charge in [-0.3, -0.25) is 4.57 Å². The Morgan fingerprint density at radius 1 is 0.360 bits per heavy atom. The summed E-state index contributed by atoms with van der Waals surface area (Å²) in [5, 5.41) is 10.8. The van der Waals surface area contributed by atoms with Crippen molar-refractivity contribution >= 4 is 76.1 Å². The van der Waals surface area contributed by atoms with Crippen LogP contribution in [0.5, 0.6) is 0 Å². The fourth-order valence-electron chi connectivity index (χ4n) is 8.03. The molecule has 11 rings (SSSR count). The highest BCUT2D eigenvalue weighted by Gasteiger charge is 2.21. The van der Waals surface area contributed by atoms with Crippen LogP contribution in [0, 0.1) is 0 Å². The van der Waals surface area contributed by atoms with E-state index in [0.717, 1.165) is 44.5 Å². The number of aromatic nitrogens is 4. The Kier molecular flexibility index (Phi) is 5.63. The van der Waals surface area contributed by atoms with Gasteiger partial charge in [0.25, 0.3) is 0 Å². The molecule has 4 nitrogen and oxygen atoms in total. The zero-order valence-corrected chi connectivity index (χ0v) is 27.0. The maximum Gasteiger partial charge on any atom is 0.162 e. The van der Waals surface area contributed by atoms with E-state index in [1.165, 1.54) is 48.6 Å². The second-order valence-corrected chi connectivity index (χ2v) is 13.0. The van der Waals surface area contributed by atoms with Gasteiger partial charge in [-0.1, -0.05) is 115 Å². The standard InChI is InChI=1S/C46H28N4/c1-2-15-33(16-3-1)49-40-21-11-9-18-35(40)36-24-22-32(28-42(36)49)45-47-39-20-10-8-19-37(39)46(48-45)50-41-25-23-29-12-6-7-17-34(29)44(41)38-26-30-13-4-5-14-31(30)27-43(38)50/h1-28H. The lowest BCUT2D eigenvalue weighted by molar-refractivity contribution is 1.08. The summed E-state index contributed by atoms with van der Waals surface area (Å²) in [5.41, 5.74) is 7.57. The summed E-state index contributed by atoms with van der Waals surface area (Å²) in [4.78, 5) is 10.7. The van der Waals surface area contributed by atoms with Crippen LogP contribution in [0.2, 0.25) is 0 Å². The van der Waals surface area contributed by atoms with Crippen LogP contribution in [0.25, 0.3) is 99.0 Å². The molecule has 0 aliphatic heterocycles. The Bertz CT molecular complexity index is 3150. The molecule has 0 saturated heterocycles. The van der Waals surface area contributed by atoms with Crippen molar-refractivity contribution in [3.05, 3.63) is 170 Å². The summed E-state index contributed by atoms with van der Waals surface area (Å²) in [5.74, 6) is 1.57. The summed E-state index contributed by atoms with van der Waals surface area (Å²) in [6, 6.07) is 60.7. The number of benzene rings is 8. The average molecular weight is 637 g/mol. The third kappa shape index (κ3) is 3.87. The molecule has 0 fully saturated rings. The first-order valence-corrected chi connectivity index (χ1v) is 17.0. The van der Waals surface area contributed by atoms with Crippen molar-refractivity contribution in [1.29, 1.82) is 0 Å². The van der Waals surface area contributed by atoms with Crippen LogP contribution >= 0.6 is 0 Å². The number of rotatable bonds is 3. The van der Waals surface area contributed by atoms with Crippen LogP contribution in [-0.2, 0) is 0 Å². The van der Waals surface area contributed by atoms with Crippen molar-refractivity contribution in [3.8, 4) is 22.9 Å². The summed E-state index contributed by atoms with van der Waals surface area (Å²) < 4.78 is 4.70. The van der Waals surface area contributed by atoms with Gasteiger partial charge in [0, 0.05) is 38.2 Å². The van der Waals surface area contributed by atoms with Crippen LogP contribution < -0.4 is 0 Å². The maximum absolute atomic E-state index is 5.48. The van der Waals surface area contributed by atoms with Crippen LogP contribution in [0.3, 0.4) is 0 Å². The van der Waals surface area contributed by atoms with Crippen molar-refractivity contribution < 1.29 is 0 Å². The van der Waals surface area contributed by atoms with E-state index in [2.05, 4.69) is 179 Å². The zero-order chi connectivity index (χ0) is 32.8. The highest BCUT2D eigenvalue weighted by Crippen LogP contribution is 2.40. The molecular weight excluding hydrogens is 609 g/mol. The predicted molar refractivity (Wildman–Crippen MR) is 209 cm³/mol. The fourth-order valence-corrected chi connectivity index (χ4v) is 8.03. The van der Waals surface area contributed by atoms with Gasteiger partial charge in [-0.15, -0.1) is 0 Å². The molecule has 232 valence electrons. The van der Waals surface area contributed by atoms with E-state index in [4.69, 9.17) is 9.97 Å². The Hall–Kier alpha value is -6.78. The van der Waals surface area contributed by atoms with Gasteiger partial charge in [0.2, 0.25) is 0 Å². The molecule has 0 aliphatic rings. The fraction of sp³-hybridized carbons (Fsp3) is 0. The molecule has 3 heterocycles. The summed E-state index contributed by atoms with van der Waals surface area (Å²) >= 11 is 0. The second-order valence-electron chi connectivity index (χ2n) is 13.0. The summed E-state index contributed by atoms with van der Waals surface area (Å²) in [6.07, 6.45) is 0. The van der Waals surface area contributed by atoms with E-state index in [1.54, 1.807) is 0 Å². The van der Waals surface area contributed by atoms with Crippen LogP contribution in [0.1, 0.15) is 0 Å². The van der Waals surface area contributed by atoms with Gasteiger partial charge in [-0.2, -0.15) is 0 Å². The minimum atomic E-state index is 0.696. The van der Waals surface area contributed by atoms with Gasteiger partial charge < -0.3 is 4.57 Å². The van der Waals surface area contributed by atoms with Crippen LogP contribution in [-0.4, -0.2) is 19.1 Å². The molecule has 8 aromatic carbocycles. The second kappa shape index (κ2) is 10.4. The molecule has 11 aromatic rings. The lowest BCUT2D eigenvalue weighted by Crippen LogP contribution is -2.03. The van der Waals surface area contributed by atoms with Crippen molar-refractivity contribution in [2.24, 2.45) is 0 Å². The maximum atomic E-state index is 5.48. The van der Waals surface area contributed by atoms with Gasteiger partial charge in [0.15, 0.2) is 5.82 Å². The predicted octanol–water partition coefficient (Wildman–Crippen LogP) is 11.8. The molecule has 0 unspecified atom stereocenters. The third-order valence-electron chi connectivity index (χ3n) is 10.3. The summed E-state index contributed by atoms with van der Waals surface area (Å²) in [6.45, 7) is 0. The molecule has 0 radical (unpaired) electrons. The van der Waals surface area contributed by atoms with Gasteiger partial charge in [0.1, 0.15) is 5.82 Å².